The maximum absolute atomic E-state index is 12.7. The second kappa shape index (κ2) is 9.26. The van der Waals surface area contributed by atoms with Crippen LogP contribution in [0, 0.1) is 0 Å². The number of carbonyl (C=O) groups excluding carboxylic acids is 1. The van der Waals surface area contributed by atoms with Crippen LogP contribution in [0.25, 0.3) is 11.3 Å². The fraction of sp³-hybridized carbons (Fsp3) is 0.304. The van der Waals surface area contributed by atoms with Crippen LogP contribution in [0.1, 0.15) is 0 Å². The van der Waals surface area contributed by atoms with E-state index in [9.17, 15) is 4.79 Å². The molecule has 0 spiro atoms. The average molecular weight is 423 g/mol. The molecule has 7 heteroatoms. The number of hydrogen-bond acceptors (Lipinski definition) is 5. The van der Waals surface area contributed by atoms with E-state index in [4.69, 9.17) is 4.74 Å². The van der Waals surface area contributed by atoms with E-state index in [0.717, 1.165) is 48.3 Å². The van der Waals surface area contributed by atoms with Crippen LogP contribution < -0.4 is 9.64 Å². The van der Waals surface area contributed by atoms with Crippen molar-refractivity contribution in [3.05, 3.63) is 60.8 Å². The summed E-state index contributed by atoms with van der Waals surface area (Å²) in [6.07, 6.45) is 1.85. The van der Waals surface area contributed by atoms with E-state index in [1.54, 1.807) is 7.11 Å². The molecule has 2 heterocycles. The molecule has 0 radical (unpaired) electrons. The van der Waals surface area contributed by atoms with Gasteiger partial charge in [-0.15, -0.1) is 0 Å². The number of amides is 1. The number of nitrogens with zero attached hydrogens (tertiary/aromatic N) is 4. The number of ether oxygens (including phenoxy) is 1. The lowest BCUT2D eigenvalue weighted by atomic mass is 10.1. The molecule has 0 saturated carbocycles. The van der Waals surface area contributed by atoms with Gasteiger partial charge in [-0.25, -0.2) is 4.98 Å². The maximum Gasteiger partial charge on any atom is 0.233 e. The molecule has 0 aliphatic carbocycles. The van der Waals surface area contributed by atoms with Crippen LogP contribution in [0.4, 0.5) is 5.69 Å². The molecule has 6 nitrogen and oxygen atoms in total. The number of carbonyl (C=O) groups is 1. The van der Waals surface area contributed by atoms with Gasteiger partial charge >= 0.3 is 0 Å². The zero-order valence-electron chi connectivity index (χ0n) is 17.3. The van der Waals surface area contributed by atoms with Gasteiger partial charge in [0.25, 0.3) is 0 Å². The monoisotopic (exact) mass is 422 g/mol. The van der Waals surface area contributed by atoms with Crippen LogP contribution in [0.5, 0.6) is 5.75 Å². The van der Waals surface area contributed by atoms with Crippen LogP contribution in [0.2, 0.25) is 0 Å². The molecule has 0 bridgehead atoms. The Morgan fingerprint density at radius 3 is 2.40 bits per heavy atom. The van der Waals surface area contributed by atoms with E-state index in [0.29, 0.717) is 5.75 Å². The van der Waals surface area contributed by atoms with Crippen LogP contribution in [0.3, 0.4) is 0 Å². The van der Waals surface area contributed by atoms with E-state index in [2.05, 4.69) is 34.1 Å². The van der Waals surface area contributed by atoms with E-state index >= 15 is 0 Å². The molecule has 0 unspecified atom stereocenters. The fourth-order valence-electron chi connectivity index (χ4n) is 3.63. The predicted octanol–water partition coefficient (Wildman–Crippen LogP) is 3.54. The lowest BCUT2D eigenvalue weighted by Crippen LogP contribution is -2.49. The number of imidazole rings is 1. The van der Waals surface area contributed by atoms with Crippen molar-refractivity contribution in [3.8, 4) is 17.0 Å². The average Bonchev–Trinajstić information content (AvgIpc) is 3.18. The Morgan fingerprint density at radius 1 is 1.03 bits per heavy atom. The molecule has 0 atom stereocenters. The summed E-state index contributed by atoms with van der Waals surface area (Å²) < 4.78 is 7.26. The standard InChI is InChI=1S/C23H26N4O2S/c1-25-21(18-8-10-20(29-2)11-9-18)16-24-23(25)30-17-22(28)27-14-12-26(13-15-27)19-6-4-3-5-7-19/h3-11,16H,12-15,17H2,1-2H3. The molecule has 1 aliphatic rings. The van der Waals surface area contributed by atoms with Crippen molar-refractivity contribution in [1.82, 2.24) is 14.5 Å². The first-order valence-electron chi connectivity index (χ1n) is 10.0. The SMILES string of the molecule is COc1ccc(-c2cnc(SCC(=O)N3CCN(c4ccccc4)CC3)n2C)cc1. The van der Waals surface area contributed by atoms with Gasteiger partial charge in [0.15, 0.2) is 5.16 Å². The summed E-state index contributed by atoms with van der Waals surface area (Å²) in [5.41, 5.74) is 3.31. The first kappa shape index (κ1) is 20.3. The second-order valence-corrected chi connectivity index (χ2v) is 8.15. The third-order valence-corrected chi connectivity index (χ3v) is 6.44. The highest BCUT2D eigenvalue weighted by atomic mass is 32.2. The van der Waals surface area contributed by atoms with Gasteiger partial charge in [0, 0.05) is 44.5 Å². The minimum absolute atomic E-state index is 0.168. The van der Waals surface area contributed by atoms with E-state index in [-0.39, 0.29) is 5.91 Å². The molecule has 30 heavy (non-hydrogen) atoms. The van der Waals surface area contributed by atoms with Crippen molar-refractivity contribution in [1.29, 1.82) is 0 Å². The minimum atomic E-state index is 0.168. The number of hydrogen-bond donors (Lipinski definition) is 0. The van der Waals surface area contributed by atoms with E-state index in [1.807, 2.05) is 53.0 Å². The normalized spacial score (nSPS) is 14.1. The van der Waals surface area contributed by atoms with Gasteiger partial charge in [0.1, 0.15) is 5.75 Å². The highest BCUT2D eigenvalue weighted by Gasteiger charge is 2.22. The van der Waals surface area contributed by atoms with Crippen molar-refractivity contribution in [3.63, 3.8) is 0 Å². The highest BCUT2D eigenvalue weighted by Crippen LogP contribution is 2.26. The summed E-state index contributed by atoms with van der Waals surface area (Å²) in [6.45, 7) is 3.24. The fourth-order valence-corrected chi connectivity index (χ4v) is 4.48. The Bertz CT molecular complexity index is 980. The van der Waals surface area contributed by atoms with Gasteiger partial charge in [-0.1, -0.05) is 30.0 Å². The lowest BCUT2D eigenvalue weighted by molar-refractivity contribution is -0.128. The number of thioether (sulfide) groups is 1. The summed E-state index contributed by atoms with van der Waals surface area (Å²) in [6, 6.07) is 18.3. The molecule has 1 saturated heterocycles. The van der Waals surface area contributed by atoms with Gasteiger partial charge in [0.05, 0.1) is 24.8 Å². The Balaban J connectivity index is 1.32. The third-order valence-electron chi connectivity index (χ3n) is 5.41. The molecule has 156 valence electrons. The predicted molar refractivity (Wildman–Crippen MR) is 121 cm³/mol. The van der Waals surface area contributed by atoms with Gasteiger partial charge in [-0.3, -0.25) is 4.79 Å². The van der Waals surface area contributed by atoms with Gasteiger partial charge in [-0.05, 0) is 36.4 Å². The second-order valence-electron chi connectivity index (χ2n) is 7.21. The molecule has 2 aromatic carbocycles. The lowest BCUT2D eigenvalue weighted by Gasteiger charge is -2.36. The summed E-state index contributed by atoms with van der Waals surface area (Å²) in [4.78, 5) is 21.5. The molecular formula is C23H26N4O2S. The molecule has 1 fully saturated rings. The molecule has 1 amide bonds. The summed E-state index contributed by atoms with van der Waals surface area (Å²) in [5, 5.41) is 0.845. The van der Waals surface area contributed by atoms with Crippen LogP contribution in [-0.4, -0.2) is 59.4 Å². The molecule has 3 aromatic rings. The Labute approximate surface area is 181 Å². The zero-order chi connectivity index (χ0) is 20.9. The van der Waals surface area contributed by atoms with Gasteiger partial charge < -0.3 is 19.1 Å². The largest absolute Gasteiger partial charge is 0.497 e. The van der Waals surface area contributed by atoms with Crippen molar-refractivity contribution in [2.45, 2.75) is 5.16 Å². The minimum Gasteiger partial charge on any atom is -0.497 e. The zero-order valence-corrected chi connectivity index (χ0v) is 18.1. The van der Waals surface area contributed by atoms with Crippen molar-refractivity contribution >= 4 is 23.4 Å². The van der Waals surface area contributed by atoms with Gasteiger partial charge in [0.2, 0.25) is 5.91 Å². The van der Waals surface area contributed by atoms with Crippen LogP contribution in [0.15, 0.2) is 66.0 Å². The summed E-state index contributed by atoms with van der Waals surface area (Å²) in [7, 11) is 3.64. The maximum atomic E-state index is 12.7. The highest BCUT2D eigenvalue weighted by molar-refractivity contribution is 7.99. The van der Waals surface area contributed by atoms with E-state index < -0.39 is 0 Å². The smallest absolute Gasteiger partial charge is 0.233 e. The van der Waals surface area contributed by atoms with Crippen molar-refractivity contribution < 1.29 is 9.53 Å². The van der Waals surface area contributed by atoms with E-state index in [1.165, 1.54) is 17.4 Å². The summed E-state index contributed by atoms with van der Waals surface area (Å²) >= 11 is 1.49. The molecule has 1 aromatic heterocycles. The Morgan fingerprint density at radius 2 is 1.73 bits per heavy atom. The first-order chi connectivity index (χ1) is 14.7. The topological polar surface area (TPSA) is 50.6 Å². The number of para-hydroxylation sites is 1. The number of piperazine rings is 1. The molecule has 0 N–H and O–H groups in total. The number of anilines is 1. The van der Waals surface area contributed by atoms with Crippen molar-refractivity contribution in [2.75, 3.05) is 43.9 Å². The van der Waals surface area contributed by atoms with Crippen molar-refractivity contribution in [2.24, 2.45) is 7.05 Å². The number of aromatic nitrogens is 2. The number of methoxy groups -OCH3 is 1. The Kier molecular flexibility index (Phi) is 6.28. The third kappa shape index (κ3) is 4.46. The molecule has 1 aliphatic heterocycles. The molecular weight excluding hydrogens is 396 g/mol. The quantitative estimate of drug-likeness (QED) is 0.569. The van der Waals surface area contributed by atoms with Gasteiger partial charge in [-0.2, -0.15) is 0 Å². The van der Waals surface area contributed by atoms with Crippen LogP contribution >= 0.6 is 11.8 Å². The number of benzene rings is 2. The Hall–Kier alpha value is -2.93. The number of rotatable bonds is 6. The first-order valence-corrected chi connectivity index (χ1v) is 11.0. The molecule has 4 rings (SSSR count). The summed E-state index contributed by atoms with van der Waals surface area (Å²) in [5.74, 6) is 1.40. The van der Waals surface area contributed by atoms with Crippen LogP contribution in [-0.2, 0) is 11.8 Å².